The van der Waals surface area contributed by atoms with Crippen LogP contribution in [0.25, 0.3) is 0 Å². The topological polar surface area (TPSA) is 66.6 Å². The van der Waals surface area contributed by atoms with Crippen molar-refractivity contribution in [3.8, 4) is 0 Å². The molecule has 2 rings (SSSR count). The van der Waals surface area contributed by atoms with Crippen molar-refractivity contribution in [2.75, 3.05) is 10.6 Å². The van der Waals surface area contributed by atoms with E-state index in [0.717, 1.165) is 17.7 Å². The van der Waals surface area contributed by atoms with E-state index in [1.165, 1.54) is 4.90 Å². The van der Waals surface area contributed by atoms with E-state index in [1.54, 1.807) is 12.1 Å². The summed E-state index contributed by atoms with van der Waals surface area (Å²) >= 11 is 0. The Morgan fingerprint density at radius 1 is 1.47 bits per heavy atom. The fourth-order valence-electron chi connectivity index (χ4n) is 2.40. The maximum absolute atomic E-state index is 11.4. The highest BCUT2D eigenvalue weighted by atomic mass is 16.4. The molecule has 1 aromatic rings. The summed E-state index contributed by atoms with van der Waals surface area (Å²) in [7, 11) is 0. The van der Waals surface area contributed by atoms with Crippen LogP contribution in [0.5, 0.6) is 0 Å². The van der Waals surface area contributed by atoms with Crippen molar-refractivity contribution in [2.24, 2.45) is 5.41 Å². The molecule has 1 unspecified atom stereocenters. The quantitative estimate of drug-likeness (QED) is 0.678. The summed E-state index contributed by atoms with van der Waals surface area (Å²) < 4.78 is 0. The monoisotopic (exact) mass is 234 g/mol. The Balaban J connectivity index is 2.48. The summed E-state index contributed by atoms with van der Waals surface area (Å²) in [6.45, 7) is 6.18. The largest absolute Gasteiger partial charge is 0.465 e. The van der Waals surface area contributed by atoms with Crippen molar-refractivity contribution in [2.45, 2.75) is 33.2 Å². The summed E-state index contributed by atoms with van der Waals surface area (Å²) in [6.07, 6.45) is -0.163. The Morgan fingerprint density at radius 3 is 2.65 bits per heavy atom. The van der Waals surface area contributed by atoms with Crippen LogP contribution in [0.1, 0.15) is 26.3 Å². The number of hydrogen-bond acceptors (Lipinski definition) is 2. The molecular weight excluding hydrogens is 216 g/mol. The van der Waals surface area contributed by atoms with Gasteiger partial charge >= 0.3 is 6.09 Å². The second-order valence-corrected chi connectivity index (χ2v) is 5.63. The Labute approximate surface area is 101 Å². The summed E-state index contributed by atoms with van der Waals surface area (Å²) in [6, 6.07) is 5.39. The number of anilines is 2. The smallest absolute Gasteiger partial charge is 0.412 e. The van der Waals surface area contributed by atoms with Crippen LogP contribution in [0.15, 0.2) is 18.2 Å². The fraction of sp³-hybridized carbons (Fsp3) is 0.462. The van der Waals surface area contributed by atoms with E-state index in [0.29, 0.717) is 5.69 Å². The van der Waals surface area contributed by atoms with Crippen LogP contribution in [0, 0.1) is 5.41 Å². The number of carbonyl (C=O) groups is 1. The zero-order valence-electron chi connectivity index (χ0n) is 10.4. The van der Waals surface area contributed by atoms with Crippen LogP contribution >= 0.6 is 0 Å². The molecule has 0 saturated heterocycles. The maximum atomic E-state index is 11.4. The molecule has 0 spiro atoms. The Kier molecular flexibility index (Phi) is 2.53. The molecule has 0 fully saturated rings. The van der Waals surface area contributed by atoms with Gasteiger partial charge in [-0.15, -0.1) is 0 Å². The molecule has 0 saturated carbocycles. The first-order valence-corrected chi connectivity index (χ1v) is 5.71. The van der Waals surface area contributed by atoms with E-state index in [2.05, 4.69) is 20.8 Å². The predicted octanol–water partition coefficient (Wildman–Crippen LogP) is 2.72. The standard InChI is InChI=1S/C13H18N2O2/c1-13(2,3)11-7-8-6-9(14)4-5-10(8)15(11)12(16)17/h4-6,11H,7,14H2,1-3H3,(H,16,17). The Morgan fingerprint density at radius 2 is 2.12 bits per heavy atom. The van der Waals surface area contributed by atoms with Gasteiger partial charge in [0.25, 0.3) is 0 Å². The van der Waals surface area contributed by atoms with E-state index in [9.17, 15) is 9.90 Å². The molecule has 4 heteroatoms. The lowest BCUT2D eigenvalue weighted by atomic mass is 9.84. The number of amides is 1. The number of rotatable bonds is 0. The third kappa shape index (κ3) is 1.95. The molecule has 3 N–H and O–H groups in total. The molecule has 1 aliphatic rings. The lowest BCUT2D eigenvalue weighted by Crippen LogP contribution is -2.44. The van der Waals surface area contributed by atoms with Gasteiger partial charge in [0.2, 0.25) is 0 Å². The summed E-state index contributed by atoms with van der Waals surface area (Å²) in [5, 5.41) is 9.36. The Hall–Kier alpha value is -1.71. The molecule has 1 heterocycles. The molecule has 0 aliphatic carbocycles. The van der Waals surface area contributed by atoms with Crippen LogP contribution in [-0.4, -0.2) is 17.2 Å². The highest BCUT2D eigenvalue weighted by molar-refractivity contribution is 5.90. The van der Waals surface area contributed by atoms with Crippen molar-refractivity contribution < 1.29 is 9.90 Å². The van der Waals surface area contributed by atoms with Gasteiger partial charge in [0, 0.05) is 11.7 Å². The first kappa shape index (κ1) is 11.8. The van der Waals surface area contributed by atoms with Crippen LogP contribution in [0.2, 0.25) is 0 Å². The fourth-order valence-corrected chi connectivity index (χ4v) is 2.40. The van der Waals surface area contributed by atoms with Gasteiger partial charge in [-0.05, 0) is 35.6 Å². The van der Waals surface area contributed by atoms with Crippen molar-refractivity contribution in [1.82, 2.24) is 0 Å². The third-order valence-corrected chi connectivity index (χ3v) is 3.29. The van der Waals surface area contributed by atoms with Gasteiger partial charge in [-0.3, -0.25) is 4.90 Å². The van der Waals surface area contributed by atoms with E-state index in [-0.39, 0.29) is 11.5 Å². The van der Waals surface area contributed by atoms with Crippen LogP contribution in [-0.2, 0) is 6.42 Å². The maximum Gasteiger partial charge on any atom is 0.412 e. The molecular formula is C13H18N2O2. The summed E-state index contributed by atoms with van der Waals surface area (Å²) in [4.78, 5) is 12.9. The van der Waals surface area contributed by atoms with Crippen LogP contribution in [0.4, 0.5) is 16.2 Å². The minimum absolute atomic E-state index is 0.0307. The Bertz CT molecular complexity index is 463. The van der Waals surface area contributed by atoms with Gasteiger partial charge < -0.3 is 10.8 Å². The van der Waals surface area contributed by atoms with Gasteiger partial charge in [0.05, 0.1) is 5.69 Å². The second-order valence-electron chi connectivity index (χ2n) is 5.63. The number of nitrogen functional groups attached to an aromatic ring is 1. The van der Waals surface area contributed by atoms with E-state index in [4.69, 9.17) is 5.73 Å². The number of nitrogens with two attached hydrogens (primary N) is 1. The number of carboxylic acid groups (broad SMARTS) is 1. The molecule has 1 aliphatic heterocycles. The molecule has 17 heavy (non-hydrogen) atoms. The number of nitrogens with zero attached hydrogens (tertiary/aromatic N) is 1. The molecule has 0 bridgehead atoms. The van der Waals surface area contributed by atoms with Gasteiger partial charge in [0.15, 0.2) is 0 Å². The first-order chi connectivity index (χ1) is 7.80. The van der Waals surface area contributed by atoms with Crippen LogP contribution in [0.3, 0.4) is 0 Å². The molecule has 0 aromatic heterocycles. The number of fused-ring (bicyclic) bond motifs is 1. The van der Waals surface area contributed by atoms with E-state index < -0.39 is 6.09 Å². The third-order valence-electron chi connectivity index (χ3n) is 3.29. The van der Waals surface area contributed by atoms with E-state index in [1.807, 2.05) is 6.07 Å². The highest BCUT2D eigenvalue weighted by Gasteiger charge is 2.40. The van der Waals surface area contributed by atoms with Crippen molar-refractivity contribution in [3.63, 3.8) is 0 Å². The average Bonchev–Trinajstić information content (AvgIpc) is 2.55. The predicted molar refractivity (Wildman–Crippen MR) is 68.3 cm³/mol. The zero-order valence-corrected chi connectivity index (χ0v) is 10.4. The SMILES string of the molecule is CC(C)(C)C1Cc2cc(N)ccc2N1C(=O)O. The highest BCUT2D eigenvalue weighted by Crippen LogP contribution is 2.40. The molecule has 92 valence electrons. The second kappa shape index (κ2) is 3.65. The van der Waals surface area contributed by atoms with Crippen molar-refractivity contribution in [3.05, 3.63) is 23.8 Å². The summed E-state index contributed by atoms with van der Waals surface area (Å²) in [5.74, 6) is 0. The van der Waals surface area contributed by atoms with Crippen molar-refractivity contribution in [1.29, 1.82) is 0 Å². The molecule has 0 radical (unpaired) electrons. The minimum Gasteiger partial charge on any atom is -0.465 e. The average molecular weight is 234 g/mol. The first-order valence-electron chi connectivity index (χ1n) is 5.71. The van der Waals surface area contributed by atoms with Crippen molar-refractivity contribution >= 4 is 17.5 Å². The summed E-state index contributed by atoms with van der Waals surface area (Å²) in [5.41, 5.74) is 8.12. The molecule has 4 nitrogen and oxygen atoms in total. The number of benzene rings is 1. The lowest BCUT2D eigenvalue weighted by molar-refractivity contribution is 0.191. The lowest BCUT2D eigenvalue weighted by Gasteiger charge is -2.33. The zero-order chi connectivity index (χ0) is 12.8. The molecule has 1 aromatic carbocycles. The molecule has 1 amide bonds. The molecule has 1 atom stereocenters. The van der Waals surface area contributed by atoms with Gasteiger partial charge in [-0.1, -0.05) is 20.8 Å². The minimum atomic E-state index is -0.895. The van der Waals surface area contributed by atoms with Crippen LogP contribution < -0.4 is 10.6 Å². The van der Waals surface area contributed by atoms with E-state index >= 15 is 0 Å². The van der Waals surface area contributed by atoms with Gasteiger partial charge in [-0.25, -0.2) is 4.79 Å². The van der Waals surface area contributed by atoms with Gasteiger partial charge in [0.1, 0.15) is 0 Å². The number of hydrogen-bond donors (Lipinski definition) is 2. The van der Waals surface area contributed by atoms with Gasteiger partial charge in [-0.2, -0.15) is 0 Å². The normalized spacial score (nSPS) is 19.2.